The number of anilines is 2. The van der Waals surface area contributed by atoms with E-state index in [1.54, 1.807) is 17.0 Å². The Morgan fingerprint density at radius 2 is 1.87 bits per heavy atom. The number of nitrogens with one attached hydrogen (secondary N) is 1. The lowest BCUT2D eigenvalue weighted by Crippen LogP contribution is -2.52. The van der Waals surface area contributed by atoms with Gasteiger partial charge in [0.2, 0.25) is 5.91 Å². The smallest absolute Gasteiger partial charge is 0.318 e. The van der Waals surface area contributed by atoms with Gasteiger partial charge in [-0.1, -0.05) is 30.3 Å². The van der Waals surface area contributed by atoms with E-state index in [1.807, 2.05) is 41.4 Å². The van der Waals surface area contributed by atoms with Crippen LogP contribution in [-0.2, 0) is 16.1 Å². The minimum absolute atomic E-state index is 0.0196. The molecular formula is C29H29F2N5O3. The third-order valence-electron chi connectivity index (χ3n) is 7.13. The summed E-state index contributed by atoms with van der Waals surface area (Å²) >= 11 is 0. The molecule has 10 heteroatoms. The number of amides is 1. The number of rotatable bonds is 6. The van der Waals surface area contributed by atoms with Crippen LogP contribution in [0, 0.1) is 11.6 Å². The summed E-state index contributed by atoms with van der Waals surface area (Å²) in [6.45, 7) is 5.00. The summed E-state index contributed by atoms with van der Waals surface area (Å²) in [5, 5.41) is 6.81. The zero-order valence-corrected chi connectivity index (χ0v) is 21.6. The highest BCUT2D eigenvalue weighted by atomic mass is 19.1. The van der Waals surface area contributed by atoms with Crippen molar-refractivity contribution in [2.24, 2.45) is 0 Å². The van der Waals surface area contributed by atoms with Crippen molar-refractivity contribution in [2.75, 3.05) is 44.4 Å². The Morgan fingerprint density at radius 1 is 1.08 bits per heavy atom. The minimum atomic E-state index is -0.666. The van der Waals surface area contributed by atoms with Crippen LogP contribution in [0.15, 0.2) is 65.1 Å². The van der Waals surface area contributed by atoms with E-state index in [-0.39, 0.29) is 30.6 Å². The molecule has 1 N–H and O–H groups in total. The van der Waals surface area contributed by atoms with Gasteiger partial charge in [-0.15, -0.1) is 0 Å². The molecule has 2 fully saturated rings. The Kier molecular flexibility index (Phi) is 6.99. The standard InChI is InChI=1S/C29H29F2N5O3/c1-19-18-38-13-12-35(19)36(21-6-3-2-4-7-21)29-33-26-9-5-8-22(28(26)39-29)20-14-24(30)23(25(31)15-20)16-34-11-10-32-27(37)17-34/h2-9,14-15,19H,10-13,16-18H2,1H3,(H,32,37). The first-order valence-corrected chi connectivity index (χ1v) is 13.0. The van der Waals surface area contributed by atoms with Crippen LogP contribution < -0.4 is 10.3 Å². The molecule has 6 rings (SSSR count). The maximum atomic E-state index is 15.2. The lowest BCUT2D eigenvalue weighted by Gasteiger charge is -2.40. The number of para-hydroxylation sites is 2. The Hall–Kier alpha value is -3.86. The van der Waals surface area contributed by atoms with Gasteiger partial charge >= 0.3 is 6.01 Å². The van der Waals surface area contributed by atoms with Gasteiger partial charge in [0.05, 0.1) is 31.5 Å². The second-order valence-corrected chi connectivity index (χ2v) is 9.86. The van der Waals surface area contributed by atoms with Crippen LogP contribution >= 0.6 is 0 Å². The Morgan fingerprint density at radius 3 is 2.62 bits per heavy atom. The first-order valence-electron chi connectivity index (χ1n) is 13.0. The van der Waals surface area contributed by atoms with E-state index in [4.69, 9.17) is 14.1 Å². The van der Waals surface area contributed by atoms with Crippen molar-refractivity contribution in [3.8, 4) is 11.1 Å². The number of hydrogen-bond acceptors (Lipinski definition) is 7. The molecule has 0 spiro atoms. The number of piperazine rings is 1. The van der Waals surface area contributed by atoms with E-state index in [9.17, 15) is 4.79 Å². The molecule has 2 aliphatic rings. The molecule has 2 saturated heterocycles. The molecule has 8 nitrogen and oxygen atoms in total. The number of morpholine rings is 1. The summed E-state index contributed by atoms with van der Waals surface area (Å²) in [4.78, 5) is 18.2. The van der Waals surface area contributed by atoms with Crippen molar-refractivity contribution in [1.82, 2.24) is 20.2 Å². The second kappa shape index (κ2) is 10.7. The molecule has 1 atom stereocenters. The van der Waals surface area contributed by atoms with Gasteiger partial charge < -0.3 is 14.5 Å². The van der Waals surface area contributed by atoms with E-state index >= 15 is 8.78 Å². The molecule has 0 bridgehead atoms. The largest absolute Gasteiger partial charge is 0.422 e. The zero-order valence-electron chi connectivity index (χ0n) is 21.6. The fraction of sp³-hybridized carbons (Fsp3) is 0.310. The number of aromatic nitrogens is 1. The number of benzene rings is 3. The quantitative estimate of drug-likeness (QED) is 0.392. The van der Waals surface area contributed by atoms with Crippen molar-refractivity contribution in [1.29, 1.82) is 0 Å². The summed E-state index contributed by atoms with van der Waals surface area (Å²) in [7, 11) is 0. The van der Waals surface area contributed by atoms with E-state index in [0.717, 1.165) is 5.69 Å². The molecule has 202 valence electrons. The van der Waals surface area contributed by atoms with Crippen molar-refractivity contribution >= 4 is 28.7 Å². The fourth-order valence-electron chi connectivity index (χ4n) is 5.17. The highest BCUT2D eigenvalue weighted by molar-refractivity contribution is 5.91. The Bertz CT molecular complexity index is 1470. The molecule has 3 heterocycles. The molecule has 2 aliphatic heterocycles. The van der Waals surface area contributed by atoms with Crippen LogP contribution in [-0.4, -0.2) is 66.2 Å². The number of carbonyl (C=O) groups excluding carboxylic acids is 1. The van der Waals surface area contributed by atoms with Gasteiger partial charge in [-0.25, -0.2) is 18.8 Å². The van der Waals surface area contributed by atoms with Gasteiger partial charge in [0.15, 0.2) is 5.58 Å². The second-order valence-electron chi connectivity index (χ2n) is 9.86. The molecule has 0 saturated carbocycles. The van der Waals surface area contributed by atoms with Crippen LogP contribution in [0.1, 0.15) is 12.5 Å². The monoisotopic (exact) mass is 533 g/mol. The lowest BCUT2D eigenvalue weighted by molar-refractivity contribution is -0.124. The molecule has 1 amide bonds. The summed E-state index contributed by atoms with van der Waals surface area (Å²) in [6.07, 6.45) is 0. The van der Waals surface area contributed by atoms with E-state index < -0.39 is 11.6 Å². The van der Waals surface area contributed by atoms with Crippen LogP contribution in [0.4, 0.5) is 20.5 Å². The van der Waals surface area contributed by atoms with Crippen LogP contribution in [0.5, 0.6) is 0 Å². The maximum absolute atomic E-state index is 15.2. The predicted molar refractivity (Wildman–Crippen MR) is 143 cm³/mol. The summed E-state index contributed by atoms with van der Waals surface area (Å²) in [6, 6.07) is 18.3. The minimum Gasteiger partial charge on any atom is -0.422 e. The van der Waals surface area contributed by atoms with Gasteiger partial charge in [0, 0.05) is 37.3 Å². The number of oxazole rings is 1. The summed E-state index contributed by atoms with van der Waals surface area (Å²) in [5.41, 5.74) is 2.73. The number of ether oxygens (including phenoxy) is 1. The number of hydrazine groups is 1. The first kappa shape index (κ1) is 25.4. The van der Waals surface area contributed by atoms with Crippen molar-refractivity contribution < 1.29 is 22.7 Å². The molecule has 0 radical (unpaired) electrons. The van der Waals surface area contributed by atoms with Crippen LogP contribution in [0.3, 0.4) is 0 Å². The molecule has 3 aromatic carbocycles. The molecular weight excluding hydrogens is 504 g/mol. The van der Waals surface area contributed by atoms with Crippen molar-refractivity contribution in [3.05, 3.63) is 77.9 Å². The fourth-order valence-corrected chi connectivity index (χ4v) is 5.17. The topological polar surface area (TPSA) is 74.1 Å². The maximum Gasteiger partial charge on any atom is 0.318 e. The van der Waals surface area contributed by atoms with Crippen molar-refractivity contribution in [2.45, 2.75) is 19.5 Å². The average molecular weight is 534 g/mol. The highest BCUT2D eigenvalue weighted by Crippen LogP contribution is 2.36. The normalized spacial score (nSPS) is 18.8. The van der Waals surface area contributed by atoms with E-state index in [1.165, 1.54) is 12.1 Å². The number of nitrogens with zero attached hydrogens (tertiary/aromatic N) is 4. The summed E-state index contributed by atoms with van der Waals surface area (Å²) in [5.74, 6) is -1.48. The van der Waals surface area contributed by atoms with Gasteiger partial charge in [-0.3, -0.25) is 9.69 Å². The van der Waals surface area contributed by atoms with Gasteiger partial charge in [0.25, 0.3) is 0 Å². The zero-order chi connectivity index (χ0) is 26.9. The Balaban J connectivity index is 1.38. The van der Waals surface area contributed by atoms with Crippen LogP contribution in [0.2, 0.25) is 0 Å². The van der Waals surface area contributed by atoms with E-state index in [2.05, 4.69) is 17.2 Å². The molecule has 4 aromatic rings. The van der Waals surface area contributed by atoms with Crippen LogP contribution in [0.25, 0.3) is 22.2 Å². The van der Waals surface area contributed by atoms with Gasteiger partial charge in [-0.2, -0.15) is 4.98 Å². The Labute approximate surface area is 224 Å². The van der Waals surface area contributed by atoms with Crippen molar-refractivity contribution in [3.63, 3.8) is 0 Å². The molecule has 39 heavy (non-hydrogen) atoms. The number of halogens is 2. The highest BCUT2D eigenvalue weighted by Gasteiger charge is 2.30. The predicted octanol–water partition coefficient (Wildman–Crippen LogP) is 4.48. The third kappa shape index (κ3) is 5.10. The molecule has 0 aliphatic carbocycles. The number of fused-ring (bicyclic) bond motifs is 1. The third-order valence-corrected chi connectivity index (χ3v) is 7.13. The van der Waals surface area contributed by atoms with Gasteiger partial charge in [0.1, 0.15) is 17.2 Å². The molecule has 1 aromatic heterocycles. The van der Waals surface area contributed by atoms with Gasteiger partial charge in [-0.05, 0) is 42.8 Å². The number of carbonyl (C=O) groups is 1. The first-order chi connectivity index (χ1) is 19.0. The molecule has 1 unspecified atom stereocenters. The number of hydrogen-bond donors (Lipinski definition) is 1. The average Bonchev–Trinajstić information content (AvgIpc) is 3.36. The SMILES string of the molecule is CC1COCCN1N(c1ccccc1)c1nc2cccc(-c3cc(F)c(CN4CCNC(=O)C4)c(F)c3)c2o1. The summed E-state index contributed by atoms with van der Waals surface area (Å²) < 4.78 is 42.5. The lowest BCUT2D eigenvalue weighted by atomic mass is 10.0. The van der Waals surface area contributed by atoms with E-state index in [0.29, 0.717) is 61.1 Å².